The van der Waals surface area contributed by atoms with Gasteiger partial charge in [0, 0.05) is 25.7 Å². The monoisotopic (exact) mass is 360 g/mol. The SMILES string of the molecule is COc1ccc(CN(C)C(=O)[C@@H]2CC(=O)Nc3cc(F)ccc32)cc1F. The summed E-state index contributed by atoms with van der Waals surface area (Å²) < 4.78 is 32.1. The lowest BCUT2D eigenvalue weighted by Gasteiger charge is -2.28. The highest BCUT2D eigenvalue weighted by Crippen LogP contribution is 2.34. The van der Waals surface area contributed by atoms with Gasteiger partial charge in [-0.1, -0.05) is 12.1 Å². The normalized spacial score (nSPS) is 15.8. The number of hydrogen-bond acceptors (Lipinski definition) is 3. The first-order valence-electron chi connectivity index (χ1n) is 8.05. The fraction of sp³-hybridized carbons (Fsp3) is 0.263. The molecular formula is C19H18F2N2O3. The maximum Gasteiger partial charge on any atom is 0.230 e. The summed E-state index contributed by atoms with van der Waals surface area (Å²) in [6, 6.07) is 8.44. The highest BCUT2D eigenvalue weighted by Gasteiger charge is 2.32. The Labute approximate surface area is 149 Å². The van der Waals surface area contributed by atoms with Gasteiger partial charge in [-0.3, -0.25) is 9.59 Å². The third-order valence-electron chi connectivity index (χ3n) is 4.36. The topological polar surface area (TPSA) is 58.6 Å². The van der Waals surface area contributed by atoms with Crippen LogP contribution in [0.1, 0.15) is 23.5 Å². The second-order valence-corrected chi connectivity index (χ2v) is 6.20. The first kappa shape index (κ1) is 17.8. The van der Waals surface area contributed by atoms with Crippen LogP contribution < -0.4 is 10.1 Å². The molecule has 136 valence electrons. The van der Waals surface area contributed by atoms with Crippen LogP contribution in [0, 0.1) is 11.6 Å². The summed E-state index contributed by atoms with van der Waals surface area (Å²) in [6.07, 6.45) is -0.0151. The van der Waals surface area contributed by atoms with Crippen molar-refractivity contribution in [1.29, 1.82) is 0 Å². The molecule has 0 radical (unpaired) electrons. The summed E-state index contributed by atoms with van der Waals surface area (Å²) in [5.74, 6) is -2.20. The Morgan fingerprint density at radius 2 is 2.04 bits per heavy atom. The average molecular weight is 360 g/mol. The van der Waals surface area contributed by atoms with Gasteiger partial charge in [0.15, 0.2) is 11.6 Å². The van der Waals surface area contributed by atoms with E-state index < -0.39 is 17.6 Å². The van der Waals surface area contributed by atoms with Crippen molar-refractivity contribution in [1.82, 2.24) is 4.90 Å². The van der Waals surface area contributed by atoms with Crippen LogP contribution in [0.25, 0.3) is 0 Å². The van der Waals surface area contributed by atoms with Crippen molar-refractivity contribution in [2.75, 3.05) is 19.5 Å². The van der Waals surface area contributed by atoms with Crippen molar-refractivity contribution < 1.29 is 23.1 Å². The molecule has 0 bridgehead atoms. The number of hydrogen-bond donors (Lipinski definition) is 1. The smallest absolute Gasteiger partial charge is 0.230 e. The zero-order valence-electron chi connectivity index (χ0n) is 14.4. The Morgan fingerprint density at radius 1 is 1.27 bits per heavy atom. The molecule has 0 unspecified atom stereocenters. The molecule has 2 aromatic rings. The van der Waals surface area contributed by atoms with Gasteiger partial charge < -0.3 is 15.0 Å². The summed E-state index contributed by atoms with van der Waals surface area (Å²) in [5.41, 5.74) is 1.48. The van der Waals surface area contributed by atoms with Gasteiger partial charge in [-0.15, -0.1) is 0 Å². The third kappa shape index (κ3) is 3.51. The molecule has 0 fully saturated rings. The predicted molar refractivity (Wildman–Crippen MR) is 91.8 cm³/mol. The molecule has 26 heavy (non-hydrogen) atoms. The molecule has 1 aliphatic heterocycles. The number of nitrogens with one attached hydrogen (secondary N) is 1. The number of nitrogens with zero attached hydrogens (tertiary/aromatic N) is 1. The van der Waals surface area contributed by atoms with E-state index in [1.807, 2.05) is 0 Å². The molecule has 3 rings (SSSR count). The highest BCUT2D eigenvalue weighted by atomic mass is 19.1. The van der Waals surface area contributed by atoms with E-state index in [1.54, 1.807) is 13.1 Å². The molecule has 0 aliphatic carbocycles. The molecule has 5 nitrogen and oxygen atoms in total. The van der Waals surface area contributed by atoms with Crippen molar-refractivity contribution in [2.45, 2.75) is 18.9 Å². The second kappa shape index (κ2) is 7.11. The van der Waals surface area contributed by atoms with E-state index in [4.69, 9.17) is 4.74 Å². The predicted octanol–water partition coefficient (Wildman–Crippen LogP) is 3.06. The average Bonchev–Trinajstić information content (AvgIpc) is 2.60. The molecule has 0 saturated carbocycles. The van der Waals surface area contributed by atoms with Crippen LogP contribution in [-0.4, -0.2) is 30.9 Å². The Hall–Kier alpha value is -2.96. The van der Waals surface area contributed by atoms with Gasteiger partial charge in [0.2, 0.25) is 11.8 Å². The van der Waals surface area contributed by atoms with Gasteiger partial charge in [-0.25, -0.2) is 8.78 Å². The fourth-order valence-electron chi connectivity index (χ4n) is 3.08. The Kier molecular flexibility index (Phi) is 4.88. The fourth-order valence-corrected chi connectivity index (χ4v) is 3.08. The minimum Gasteiger partial charge on any atom is -0.494 e. The summed E-state index contributed by atoms with van der Waals surface area (Å²) >= 11 is 0. The molecule has 1 N–H and O–H groups in total. The minimum absolute atomic E-state index is 0.0151. The van der Waals surface area contributed by atoms with E-state index in [0.717, 1.165) is 0 Å². The molecule has 1 heterocycles. The van der Waals surface area contributed by atoms with E-state index in [9.17, 15) is 18.4 Å². The summed E-state index contributed by atoms with van der Waals surface area (Å²) in [7, 11) is 2.96. The van der Waals surface area contributed by atoms with Crippen molar-refractivity contribution >= 4 is 17.5 Å². The van der Waals surface area contributed by atoms with Gasteiger partial charge in [-0.05, 0) is 35.4 Å². The molecule has 0 saturated heterocycles. The van der Waals surface area contributed by atoms with Crippen molar-refractivity contribution in [2.24, 2.45) is 0 Å². The number of anilines is 1. The highest BCUT2D eigenvalue weighted by molar-refractivity contribution is 6.01. The van der Waals surface area contributed by atoms with Gasteiger partial charge >= 0.3 is 0 Å². The maximum absolute atomic E-state index is 13.8. The molecule has 1 aliphatic rings. The van der Waals surface area contributed by atoms with Crippen molar-refractivity contribution in [3.8, 4) is 5.75 Å². The lowest BCUT2D eigenvalue weighted by molar-refractivity contribution is -0.134. The van der Waals surface area contributed by atoms with E-state index in [-0.39, 0.29) is 30.5 Å². The number of rotatable bonds is 4. The zero-order chi connectivity index (χ0) is 18.8. The van der Waals surface area contributed by atoms with Crippen molar-refractivity contribution in [3.05, 3.63) is 59.2 Å². The van der Waals surface area contributed by atoms with E-state index in [0.29, 0.717) is 16.8 Å². The molecule has 7 heteroatoms. The number of halogens is 2. The van der Waals surface area contributed by atoms with Gasteiger partial charge in [0.05, 0.1) is 13.0 Å². The van der Waals surface area contributed by atoms with Crippen molar-refractivity contribution in [3.63, 3.8) is 0 Å². The molecule has 2 aromatic carbocycles. The summed E-state index contributed by atoms with van der Waals surface area (Å²) in [4.78, 5) is 26.1. The Bertz CT molecular complexity index is 870. The minimum atomic E-state index is -0.701. The van der Waals surface area contributed by atoms with Gasteiger partial charge in [0.25, 0.3) is 0 Å². The van der Waals surface area contributed by atoms with E-state index in [2.05, 4.69) is 5.32 Å². The molecule has 1 atom stereocenters. The van der Waals surface area contributed by atoms with Crippen LogP contribution in [0.2, 0.25) is 0 Å². The van der Waals surface area contributed by atoms with Crippen LogP contribution in [0.4, 0.5) is 14.5 Å². The lowest BCUT2D eigenvalue weighted by Crippen LogP contribution is -2.36. The van der Waals surface area contributed by atoms with E-state index >= 15 is 0 Å². The van der Waals surface area contributed by atoms with E-state index in [1.165, 1.54) is 42.3 Å². The quantitative estimate of drug-likeness (QED) is 0.912. The molecular weight excluding hydrogens is 342 g/mol. The third-order valence-corrected chi connectivity index (χ3v) is 4.36. The van der Waals surface area contributed by atoms with Crippen LogP contribution in [-0.2, 0) is 16.1 Å². The number of fused-ring (bicyclic) bond motifs is 1. The summed E-state index contributed by atoms with van der Waals surface area (Å²) in [6.45, 7) is 0.175. The first-order chi connectivity index (χ1) is 12.4. The second-order valence-electron chi connectivity index (χ2n) is 6.20. The maximum atomic E-state index is 13.8. The first-order valence-corrected chi connectivity index (χ1v) is 8.05. The number of benzene rings is 2. The number of ether oxygens (including phenoxy) is 1. The van der Waals surface area contributed by atoms with Gasteiger partial charge in [0.1, 0.15) is 5.82 Å². The summed E-state index contributed by atoms with van der Waals surface area (Å²) in [5, 5.41) is 2.58. The molecule has 0 spiro atoms. The van der Waals surface area contributed by atoms with Crippen LogP contribution >= 0.6 is 0 Å². The zero-order valence-corrected chi connectivity index (χ0v) is 14.4. The van der Waals surface area contributed by atoms with Crippen LogP contribution in [0.15, 0.2) is 36.4 Å². The number of likely N-dealkylation sites (N-methyl/N-ethyl adjacent to an activating group) is 1. The Morgan fingerprint density at radius 3 is 2.73 bits per heavy atom. The lowest BCUT2D eigenvalue weighted by atomic mass is 9.89. The molecule has 2 amide bonds. The largest absolute Gasteiger partial charge is 0.494 e. The number of amides is 2. The standard InChI is InChI=1S/C19H18F2N2O3/c1-23(10-11-3-6-17(26-2)15(21)7-11)19(25)14-9-18(24)22-16-8-12(20)4-5-13(14)16/h3-8,14H,9-10H2,1-2H3,(H,22,24)/t14-/m1/s1. The number of carbonyl (C=O) groups excluding carboxylic acids is 2. The van der Waals surface area contributed by atoms with Crippen LogP contribution in [0.3, 0.4) is 0 Å². The van der Waals surface area contributed by atoms with Crippen LogP contribution in [0.5, 0.6) is 5.75 Å². The Balaban J connectivity index is 1.81. The number of methoxy groups -OCH3 is 1. The molecule has 0 aromatic heterocycles. The van der Waals surface area contributed by atoms with Gasteiger partial charge in [-0.2, -0.15) is 0 Å². The number of carbonyl (C=O) groups is 2.